The molecule has 1 aliphatic heterocycles. The first-order chi connectivity index (χ1) is 11.4. The Morgan fingerprint density at radius 2 is 2.04 bits per heavy atom. The van der Waals surface area contributed by atoms with Crippen molar-refractivity contribution in [3.8, 4) is 0 Å². The van der Waals surface area contributed by atoms with Crippen LogP contribution >= 0.6 is 0 Å². The average molecular weight is 345 g/mol. The van der Waals surface area contributed by atoms with Gasteiger partial charge in [0.15, 0.2) is 16.1 Å². The molecule has 2 heterocycles. The van der Waals surface area contributed by atoms with Crippen LogP contribution in [0.3, 0.4) is 0 Å². The summed E-state index contributed by atoms with van der Waals surface area (Å²) in [4.78, 5) is 25.7. The Labute approximate surface area is 143 Å². The number of benzene rings is 1. The Hall–Kier alpha value is -2.05. The minimum Gasteiger partial charge on any atom is -0.611 e. The predicted molar refractivity (Wildman–Crippen MR) is 90.7 cm³/mol. The number of nitrogens with zero attached hydrogens (tertiary/aromatic N) is 1. The molecule has 1 N–H and O–H groups in total. The van der Waals surface area contributed by atoms with Crippen molar-refractivity contribution < 1.29 is 19.2 Å². The Balaban J connectivity index is 2.05. The van der Waals surface area contributed by atoms with Gasteiger partial charge in [-0.1, -0.05) is 12.1 Å². The summed E-state index contributed by atoms with van der Waals surface area (Å²) in [5.41, 5.74) is -0.768. The van der Waals surface area contributed by atoms with Crippen LogP contribution in [0.2, 0.25) is 0 Å². The number of carboxylic acids is 1. The summed E-state index contributed by atoms with van der Waals surface area (Å²) in [6, 6.07) is 9.97. The maximum absolute atomic E-state index is 13.1. The largest absolute Gasteiger partial charge is 0.611 e. The van der Waals surface area contributed by atoms with Gasteiger partial charge in [0.25, 0.3) is 0 Å². The summed E-state index contributed by atoms with van der Waals surface area (Å²) in [6.45, 7) is 4.18. The van der Waals surface area contributed by atoms with Gasteiger partial charge in [0.2, 0.25) is 0 Å². The molecule has 1 aromatic heterocycles. The Bertz CT molecular complexity index is 798. The molecule has 0 radical (unpaired) electrons. The fourth-order valence-electron chi connectivity index (χ4n) is 3.24. The van der Waals surface area contributed by atoms with Gasteiger partial charge < -0.3 is 14.2 Å². The maximum atomic E-state index is 13.1. The lowest BCUT2D eigenvalue weighted by atomic mass is 9.76. The zero-order chi connectivity index (χ0) is 17.5. The topological polar surface area (TPSA) is 82.4 Å². The number of carbonyl (C=O) groups excluding carboxylic acids is 1. The van der Waals surface area contributed by atoms with Crippen LogP contribution in [0.25, 0.3) is 0 Å². The average Bonchev–Trinajstić information content (AvgIpc) is 3.15. The lowest BCUT2D eigenvalue weighted by molar-refractivity contribution is -0.141. The monoisotopic (exact) mass is 345 g/mol. The van der Waals surface area contributed by atoms with Crippen molar-refractivity contribution in [2.75, 3.05) is 0 Å². The summed E-state index contributed by atoms with van der Waals surface area (Å²) in [6.07, 6.45) is 2.02. The highest BCUT2D eigenvalue weighted by molar-refractivity contribution is 7.92. The number of ketones is 1. The van der Waals surface area contributed by atoms with Gasteiger partial charge in [0.05, 0.1) is 0 Å². The number of aliphatic carboxylic acids is 1. The SMILES string of the molecule is CC(C)[S+]([O-])c1cccc(C(=O)C2(C(=O)O)CCn3cccc32)c1. The molecule has 6 heteroatoms. The molecule has 0 saturated carbocycles. The normalized spacial score (nSPS) is 20.8. The number of carbonyl (C=O) groups is 2. The fraction of sp³-hybridized carbons (Fsp3) is 0.333. The van der Waals surface area contributed by atoms with Gasteiger partial charge >= 0.3 is 5.97 Å². The Morgan fingerprint density at radius 3 is 2.71 bits per heavy atom. The zero-order valence-electron chi connectivity index (χ0n) is 13.6. The smallest absolute Gasteiger partial charge is 0.323 e. The van der Waals surface area contributed by atoms with Crippen molar-refractivity contribution in [3.05, 3.63) is 53.9 Å². The minimum atomic E-state index is -1.57. The van der Waals surface area contributed by atoms with Crippen LogP contribution in [0, 0.1) is 0 Å². The first kappa shape index (κ1) is 16.8. The second-order valence-corrected chi connectivity index (χ2v) is 8.26. The number of carboxylic acid groups (broad SMARTS) is 1. The van der Waals surface area contributed by atoms with E-state index in [2.05, 4.69) is 0 Å². The molecule has 3 rings (SSSR count). The highest BCUT2D eigenvalue weighted by atomic mass is 32.2. The quantitative estimate of drug-likeness (QED) is 0.513. The van der Waals surface area contributed by atoms with Gasteiger partial charge in [0.1, 0.15) is 5.25 Å². The van der Waals surface area contributed by atoms with Gasteiger partial charge in [-0.25, -0.2) is 0 Å². The number of hydrogen-bond acceptors (Lipinski definition) is 3. The molecule has 0 saturated heterocycles. The molecule has 2 unspecified atom stereocenters. The molecule has 2 atom stereocenters. The molecule has 2 aromatic rings. The van der Waals surface area contributed by atoms with Crippen LogP contribution in [0.4, 0.5) is 0 Å². The lowest BCUT2D eigenvalue weighted by Gasteiger charge is -2.23. The number of aromatic nitrogens is 1. The van der Waals surface area contributed by atoms with Crippen molar-refractivity contribution >= 4 is 22.9 Å². The van der Waals surface area contributed by atoms with Crippen LogP contribution in [0.1, 0.15) is 36.3 Å². The van der Waals surface area contributed by atoms with E-state index in [1.807, 2.05) is 18.4 Å². The summed E-state index contributed by atoms with van der Waals surface area (Å²) >= 11 is -1.23. The van der Waals surface area contributed by atoms with Gasteiger partial charge in [-0.3, -0.25) is 9.59 Å². The van der Waals surface area contributed by atoms with E-state index >= 15 is 0 Å². The number of fused-ring (bicyclic) bond motifs is 1. The van der Waals surface area contributed by atoms with Crippen molar-refractivity contribution in [1.82, 2.24) is 4.57 Å². The third-order valence-electron chi connectivity index (χ3n) is 4.50. The number of Topliss-reactive ketones (excluding diaryl/α,β-unsaturated/α-hetero) is 1. The van der Waals surface area contributed by atoms with E-state index in [1.54, 1.807) is 42.6 Å². The fourth-order valence-corrected chi connectivity index (χ4v) is 4.24. The van der Waals surface area contributed by atoms with E-state index in [9.17, 15) is 19.2 Å². The van der Waals surface area contributed by atoms with E-state index < -0.39 is 28.3 Å². The first-order valence-electron chi connectivity index (χ1n) is 7.82. The maximum Gasteiger partial charge on any atom is 0.323 e. The molecule has 5 nitrogen and oxygen atoms in total. The predicted octanol–water partition coefficient (Wildman–Crippen LogP) is 2.61. The van der Waals surface area contributed by atoms with E-state index in [4.69, 9.17) is 0 Å². The third kappa shape index (κ3) is 2.46. The second-order valence-electron chi connectivity index (χ2n) is 6.25. The van der Waals surface area contributed by atoms with E-state index in [-0.39, 0.29) is 11.7 Å². The zero-order valence-corrected chi connectivity index (χ0v) is 14.4. The summed E-state index contributed by atoms with van der Waals surface area (Å²) in [5, 5.41) is 9.76. The van der Waals surface area contributed by atoms with Gasteiger partial charge in [0, 0.05) is 30.1 Å². The summed E-state index contributed by atoms with van der Waals surface area (Å²) in [5.74, 6) is -1.59. The molecule has 0 spiro atoms. The Morgan fingerprint density at radius 1 is 1.29 bits per heavy atom. The van der Waals surface area contributed by atoms with E-state index in [0.29, 0.717) is 22.7 Å². The van der Waals surface area contributed by atoms with Gasteiger partial charge in [-0.05, 0) is 49.6 Å². The molecule has 1 aliphatic rings. The molecule has 0 aliphatic carbocycles. The highest BCUT2D eigenvalue weighted by Crippen LogP contribution is 2.39. The van der Waals surface area contributed by atoms with Crippen LogP contribution in [0.5, 0.6) is 0 Å². The molecular weight excluding hydrogens is 326 g/mol. The minimum absolute atomic E-state index is 0.0764. The molecule has 0 fully saturated rings. The van der Waals surface area contributed by atoms with Crippen LogP contribution < -0.4 is 0 Å². The van der Waals surface area contributed by atoms with Crippen molar-refractivity contribution in [2.45, 2.75) is 42.4 Å². The molecule has 1 aromatic carbocycles. The van der Waals surface area contributed by atoms with Crippen LogP contribution in [-0.4, -0.2) is 31.2 Å². The van der Waals surface area contributed by atoms with Crippen molar-refractivity contribution in [3.63, 3.8) is 0 Å². The van der Waals surface area contributed by atoms with Crippen LogP contribution in [0.15, 0.2) is 47.5 Å². The molecule has 0 bridgehead atoms. The molecule has 24 heavy (non-hydrogen) atoms. The lowest BCUT2D eigenvalue weighted by Crippen LogP contribution is -2.42. The number of aryl methyl sites for hydroxylation is 1. The molecule has 0 amide bonds. The number of rotatable bonds is 5. The number of hydrogen-bond donors (Lipinski definition) is 1. The van der Waals surface area contributed by atoms with Crippen molar-refractivity contribution in [1.29, 1.82) is 0 Å². The molecular formula is C18H19NO4S. The van der Waals surface area contributed by atoms with Crippen molar-refractivity contribution in [2.24, 2.45) is 0 Å². The molecule has 126 valence electrons. The summed E-state index contributed by atoms with van der Waals surface area (Å²) < 4.78 is 14.1. The van der Waals surface area contributed by atoms with Crippen LogP contribution in [-0.2, 0) is 27.9 Å². The third-order valence-corrected chi connectivity index (χ3v) is 6.08. The standard InChI is InChI=1S/C18H19NO4S/c1-12(2)24(23)14-6-3-5-13(11-14)16(20)18(17(21)22)8-10-19-9-4-7-15(18)19/h3-7,9,11-12H,8,10H2,1-2H3,(H,21,22). The van der Waals surface area contributed by atoms with E-state index in [0.717, 1.165) is 0 Å². The Kier molecular flexibility index (Phi) is 4.27. The highest BCUT2D eigenvalue weighted by Gasteiger charge is 2.52. The van der Waals surface area contributed by atoms with E-state index in [1.165, 1.54) is 0 Å². The van der Waals surface area contributed by atoms with Gasteiger partial charge in [-0.15, -0.1) is 0 Å². The first-order valence-corrected chi connectivity index (χ1v) is 9.03. The summed E-state index contributed by atoms with van der Waals surface area (Å²) in [7, 11) is 0. The second kappa shape index (κ2) is 6.11. The van der Waals surface area contributed by atoms with Gasteiger partial charge in [-0.2, -0.15) is 0 Å².